The van der Waals surface area contributed by atoms with E-state index in [1.807, 2.05) is 6.07 Å². The van der Waals surface area contributed by atoms with Gasteiger partial charge in [-0.1, -0.05) is 23.7 Å². The second-order valence-corrected chi connectivity index (χ2v) is 8.98. The third kappa shape index (κ3) is 4.03. The fourth-order valence-electron chi connectivity index (χ4n) is 4.89. The number of amides is 4. The predicted octanol–water partition coefficient (Wildman–Crippen LogP) is 1.29. The molecule has 2 aromatic rings. The number of imide groups is 2. The molecule has 34 heavy (non-hydrogen) atoms. The Balaban J connectivity index is 1.49. The van der Waals surface area contributed by atoms with E-state index in [-0.39, 0.29) is 35.2 Å². The summed E-state index contributed by atoms with van der Waals surface area (Å²) in [4.78, 5) is 62.3. The first-order valence-electron chi connectivity index (χ1n) is 11.2. The molecule has 2 saturated heterocycles. The highest BCUT2D eigenvalue weighted by Gasteiger charge is 2.45. The van der Waals surface area contributed by atoms with Gasteiger partial charge in [0.15, 0.2) is 0 Å². The number of fused-ring (bicyclic) bond motifs is 1. The number of benzene rings is 1. The molecule has 3 aliphatic rings. The van der Waals surface area contributed by atoms with E-state index in [1.54, 1.807) is 18.3 Å². The second kappa shape index (κ2) is 9.11. The predicted molar refractivity (Wildman–Crippen MR) is 122 cm³/mol. The molecule has 0 saturated carbocycles. The zero-order valence-electron chi connectivity index (χ0n) is 18.3. The molecule has 176 valence electrons. The fraction of sp³-hybridized carbons (Fsp3) is 0.391. The van der Waals surface area contributed by atoms with Crippen LogP contribution in [0.2, 0.25) is 5.15 Å². The van der Waals surface area contributed by atoms with Gasteiger partial charge < -0.3 is 10.2 Å². The van der Waals surface area contributed by atoms with Crippen LogP contribution in [0.15, 0.2) is 30.6 Å². The van der Waals surface area contributed by atoms with Gasteiger partial charge in [0, 0.05) is 19.0 Å². The molecule has 4 heterocycles. The summed E-state index contributed by atoms with van der Waals surface area (Å²) in [7, 11) is 0. The summed E-state index contributed by atoms with van der Waals surface area (Å²) < 4.78 is 0. The Bertz CT molecular complexity index is 1180. The minimum Gasteiger partial charge on any atom is -0.348 e. The number of carbonyl (C=O) groups is 4. The lowest BCUT2D eigenvalue weighted by atomic mass is 9.99. The van der Waals surface area contributed by atoms with Gasteiger partial charge >= 0.3 is 0 Å². The van der Waals surface area contributed by atoms with E-state index >= 15 is 0 Å². The van der Waals surface area contributed by atoms with Crippen LogP contribution < -0.4 is 15.5 Å². The number of hydrogen-bond acceptors (Lipinski definition) is 8. The molecule has 10 nitrogen and oxygen atoms in total. The van der Waals surface area contributed by atoms with Crippen molar-refractivity contribution in [1.29, 1.82) is 0 Å². The van der Waals surface area contributed by atoms with Crippen LogP contribution in [0.3, 0.4) is 0 Å². The van der Waals surface area contributed by atoms with E-state index in [0.717, 1.165) is 30.8 Å². The van der Waals surface area contributed by atoms with Crippen LogP contribution in [-0.4, -0.2) is 63.7 Å². The van der Waals surface area contributed by atoms with E-state index in [2.05, 4.69) is 25.5 Å². The van der Waals surface area contributed by atoms with Crippen molar-refractivity contribution in [2.24, 2.45) is 0 Å². The van der Waals surface area contributed by atoms with Gasteiger partial charge in [0.1, 0.15) is 17.0 Å². The van der Waals surface area contributed by atoms with Crippen molar-refractivity contribution in [1.82, 2.24) is 25.5 Å². The van der Waals surface area contributed by atoms with E-state index in [9.17, 15) is 19.2 Å². The lowest BCUT2D eigenvalue weighted by molar-refractivity contribution is -0.136. The Morgan fingerprint density at radius 2 is 1.85 bits per heavy atom. The largest absolute Gasteiger partial charge is 0.348 e. The third-order valence-electron chi connectivity index (χ3n) is 6.53. The molecule has 0 spiro atoms. The summed E-state index contributed by atoms with van der Waals surface area (Å²) in [5.41, 5.74) is 1.20. The van der Waals surface area contributed by atoms with Gasteiger partial charge in [-0.15, -0.1) is 0 Å². The van der Waals surface area contributed by atoms with E-state index in [0.29, 0.717) is 17.9 Å². The molecule has 1 atom stereocenters. The number of nitrogens with zero attached hydrogens (tertiary/aromatic N) is 4. The number of nitrogens with one attached hydrogen (secondary N) is 2. The Morgan fingerprint density at radius 3 is 2.59 bits per heavy atom. The molecule has 1 aromatic carbocycles. The van der Waals surface area contributed by atoms with Crippen molar-refractivity contribution in [3.8, 4) is 0 Å². The molecule has 11 heteroatoms. The maximum atomic E-state index is 13.5. The summed E-state index contributed by atoms with van der Waals surface area (Å²) in [5.74, 6) is -1.48. The molecular weight excluding hydrogens is 460 g/mol. The monoisotopic (exact) mass is 482 g/mol. The number of halogens is 1. The minimum atomic E-state index is -1.00. The van der Waals surface area contributed by atoms with E-state index in [1.165, 1.54) is 6.20 Å². The first-order valence-corrected chi connectivity index (χ1v) is 11.6. The van der Waals surface area contributed by atoms with Gasteiger partial charge in [0.05, 0.1) is 23.5 Å². The molecule has 5 rings (SSSR count). The number of piperidine rings is 2. The van der Waals surface area contributed by atoms with Crippen LogP contribution in [0.4, 0.5) is 5.82 Å². The Hall–Kier alpha value is -3.37. The maximum absolute atomic E-state index is 13.5. The quantitative estimate of drug-likeness (QED) is 0.611. The first-order chi connectivity index (χ1) is 16.4. The Labute approximate surface area is 200 Å². The van der Waals surface area contributed by atoms with Crippen molar-refractivity contribution in [2.45, 2.75) is 44.3 Å². The third-order valence-corrected chi connectivity index (χ3v) is 6.71. The number of hydrogen-bond donors (Lipinski definition) is 2. The van der Waals surface area contributed by atoms with Crippen molar-refractivity contribution < 1.29 is 19.2 Å². The van der Waals surface area contributed by atoms with Crippen LogP contribution in [-0.2, 0) is 16.1 Å². The van der Waals surface area contributed by atoms with Crippen molar-refractivity contribution >= 4 is 41.0 Å². The first kappa shape index (κ1) is 22.4. The van der Waals surface area contributed by atoms with Gasteiger partial charge in [0.25, 0.3) is 11.8 Å². The average molecular weight is 483 g/mol. The summed E-state index contributed by atoms with van der Waals surface area (Å²) in [5, 5.41) is 5.84. The van der Waals surface area contributed by atoms with Gasteiger partial charge in [0.2, 0.25) is 11.8 Å². The van der Waals surface area contributed by atoms with Crippen LogP contribution in [0.5, 0.6) is 0 Å². The second-order valence-electron chi connectivity index (χ2n) is 8.60. The smallest absolute Gasteiger partial charge is 0.262 e. The number of carbonyl (C=O) groups excluding carboxylic acids is 4. The fourth-order valence-corrected chi connectivity index (χ4v) is 5.03. The Morgan fingerprint density at radius 1 is 1.06 bits per heavy atom. The van der Waals surface area contributed by atoms with Crippen molar-refractivity contribution in [3.05, 3.63) is 52.4 Å². The summed E-state index contributed by atoms with van der Waals surface area (Å²) >= 11 is 6.12. The van der Waals surface area contributed by atoms with Crippen LogP contribution in [0.1, 0.15) is 52.0 Å². The van der Waals surface area contributed by atoms with Crippen molar-refractivity contribution in [2.75, 3.05) is 18.0 Å². The zero-order chi connectivity index (χ0) is 23.8. The normalized spacial score (nSPS) is 21.0. The number of rotatable bonds is 5. The highest BCUT2D eigenvalue weighted by Crippen LogP contribution is 2.32. The van der Waals surface area contributed by atoms with Crippen molar-refractivity contribution in [3.63, 3.8) is 0 Å². The molecule has 0 radical (unpaired) electrons. The maximum Gasteiger partial charge on any atom is 0.262 e. The molecule has 4 amide bonds. The summed E-state index contributed by atoms with van der Waals surface area (Å²) in [6.07, 6.45) is 5.04. The highest BCUT2D eigenvalue weighted by molar-refractivity contribution is 6.29. The molecule has 2 N–H and O–H groups in total. The highest BCUT2D eigenvalue weighted by atomic mass is 35.5. The SMILES string of the molecule is O=C1CCC(N2C(=O)c3cccc(CN(c4cncc(Cl)n4)C4CCNCC4)c3C2=O)C(=O)N1. The molecule has 3 aliphatic heterocycles. The van der Waals surface area contributed by atoms with Crippen LogP contribution in [0.25, 0.3) is 0 Å². The molecule has 0 bridgehead atoms. The van der Waals surface area contributed by atoms with Crippen LogP contribution in [0, 0.1) is 0 Å². The lowest BCUT2D eigenvalue weighted by Gasteiger charge is -2.35. The minimum absolute atomic E-state index is 0.0770. The standard InChI is InChI=1S/C23H23ClN6O4/c24-17-10-26-11-18(27-17)29(14-6-8-25-9-7-14)12-13-2-1-3-15-20(13)23(34)30(22(15)33)16-4-5-19(31)28-21(16)32/h1-3,10-11,14,16,25H,4-9,12H2,(H,28,31,32). The number of aromatic nitrogens is 2. The van der Waals surface area contributed by atoms with Gasteiger partial charge in [-0.3, -0.25) is 34.4 Å². The Kier molecular flexibility index (Phi) is 6.01. The molecule has 2 fully saturated rings. The number of anilines is 1. The molecule has 1 aromatic heterocycles. The zero-order valence-corrected chi connectivity index (χ0v) is 19.0. The average Bonchev–Trinajstić information content (AvgIpc) is 3.09. The molecule has 1 unspecified atom stereocenters. The molecule has 0 aliphatic carbocycles. The summed E-state index contributed by atoms with van der Waals surface area (Å²) in [6.45, 7) is 2.02. The topological polar surface area (TPSA) is 125 Å². The molecular formula is C23H23ClN6O4. The lowest BCUT2D eigenvalue weighted by Crippen LogP contribution is -2.54. The van der Waals surface area contributed by atoms with E-state index < -0.39 is 29.7 Å². The summed E-state index contributed by atoms with van der Waals surface area (Å²) in [6, 6.07) is 4.28. The van der Waals surface area contributed by atoms with Gasteiger partial charge in [-0.2, -0.15) is 0 Å². The van der Waals surface area contributed by atoms with Gasteiger partial charge in [-0.05, 0) is 44.0 Å². The van der Waals surface area contributed by atoms with Crippen LogP contribution >= 0.6 is 11.6 Å². The van der Waals surface area contributed by atoms with E-state index in [4.69, 9.17) is 11.6 Å². The van der Waals surface area contributed by atoms with Gasteiger partial charge in [-0.25, -0.2) is 4.98 Å².